The first kappa shape index (κ1) is 97.1. The predicted octanol–water partition coefficient (Wildman–Crippen LogP) is 24.0. The molecule has 19 heteroatoms. The maximum atomic E-state index is 13.1. The SMILES string of the molecule is CCCCCCCCCCCCCCCCCCCCCCCCC(=O)O[C@H](COC(=O)CCCCCCCCCCCCCCCCCCCCCC)COP(=O)(O)OC[C@@H](O)COP(=O)(O)OC[C@@H](COC(=O)CCCCCCC)OC(=O)CCCCCCCCCCC(C)CC. The summed E-state index contributed by atoms with van der Waals surface area (Å²) in [7, 11) is -9.90. The molecular formula is C80H156O17P2. The molecule has 0 bridgehead atoms. The first-order chi connectivity index (χ1) is 48.1. The molecule has 0 aromatic carbocycles. The molecule has 0 fully saturated rings. The highest BCUT2D eigenvalue weighted by Gasteiger charge is 2.30. The highest BCUT2D eigenvalue weighted by Crippen LogP contribution is 2.45. The van der Waals surface area contributed by atoms with Crippen LogP contribution in [0.25, 0.3) is 0 Å². The van der Waals surface area contributed by atoms with Gasteiger partial charge in [-0.3, -0.25) is 37.3 Å². The molecule has 0 rings (SSSR count). The fourth-order valence-corrected chi connectivity index (χ4v) is 14.0. The highest BCUT2D eigenvalue weighted by atomic mass is 31.2. The van der Waals surface area contributed by atoms with Gasteiger partial charge >= 0.3 is 39.5 Å². The Bertz CT molecular complexity index is 1890. The predicted molar refractivity (Wildman–Crippen MR) is 405 cm³/mol. The second-order valence-electron chi connectivity index (χ2n) is 29.1. The number of carbonyl (C=O) groups excluding carboxylic acids is 4. The van der Waals surface area contributed by atoms with E-state index in [1.807, 2.05) is 0 Å². The normalized spacial score (nSPS) is 14.1. The van der Waals surface area contributed by atoms with Crippen LogP contribution in [0.2, 0.25) is 0 Å². The van der Waals surface area contributed by atoms with E-state index < -0.39 is 97.5 Å². The smallest absolute Gasteiger partial charge is 0.462 e. The van der Waals surface area contributed by atoms with Crippen LogP contribution in [0.5, 0.6) is 0 Å². The van der Waals surface area contributed by atoms with E-state index in [0.29, 0.717) is 25.7 Å². The molecule has 17 nitrogen and oxygen atoms in total. The number of hydrogen-bond donors (Lipinski definition) is 3. The second kappa shape index (κ2) is 73.0. The van der Waals surface area contributed by atoms with Gasteiger partial charge in [0.25, 0.3) is 0 Å². The topological polar surface area (TPSA) is 237 Å². The number of aliphatic hydroxyl groups excluding tert-OH is 1. The molecule has 0 saturated carbocycles. The van der Waals surface area contributed by atoms with Crippen LogP contribution in [0.4, 0.5) is 0 Å². The molecule has 0 aromatic rings. The van der Waals surface area contributed by atoms with Gasteiger partial charge in [0.2, 0.25) is 0 Å². The summed E-state index contributed by atoms with van der Waals surface area (Å²) in [6, 6.07) is 0. The van der Waals surface area contributed by atoms with Crippen molar-refractivity contribution in [3.63, 3.8) is 0 Å². The molecule has 588 valence electrons. The summed E-state index contributed by atoms with van der Waals surface area (Å²) in [5.74, 6) is -1.35. The number of phosphoric ester groups is 2. The van der Waals surface area contributed by atoms with Crippen LogP contribution in [0.1, 0.15) is 426 Å². The first-order valence-electron chi connectivity index (χ1n) is 41.7. The van der Waals surface area contributed by atoms with Crippen LogP contribution in [-0.2, 0) is 65.4 Å². The van der Waals surface area contributed by atoms with Crippen LogP contribution < -0.4 is 0 Å². The minimum Gasteiger partial charge on any atom is -0.462 e. The fraction of sp³-hybridized carbons (Fsp3) is 0.950. The van der Waals surface area contributed by atoms with Crippen molar-refractivity contribution in [3.8, 4) is 0 Å². The second-order valence-corrected chi connectivity index (χ2v) is 32.0. The average molecular weight is 1450 g/mol. The molecule has 3 unspecified atom stereocenters. The maximum absolute atomic E-state index is 13.1. The highest BCUT2D eigenvalue weighted by molar-refractivity contribution is 7.47. The Morgan fingerprint density at radius 3 is 0.717 bits per heavy atom. The van der Waals surface area contributed by atoms with Gasteiger partial charge in [-0.2, -0.15) is 0 Å². The van der Waals surface area contributed by atoms with Crippen LogP contribution in [0.15, 0.2) is 0 Å². The molecule has 0 aromatic heterocycles. The molecule has 0 aliphatic heterocycles. The number of rotatable bonds is 80. The lowest BCUT2D eigenvalue weighted by Gasteiger charge is -2.21. The molecule has 0 aliphatic rings. The third-order valence-electron chi connectivity index (χ3n) is 19.1. The third-order valence-corrected chi connectivity index (χ3v) is 21.0. The molecule has 0 aliphatic carbocycles. The number of esters is 4. The molecule has 0 saturated heterocycles. The van der Waals surface area contributed by atoms with Gasteiger partial charge in [-0.25, -0.2) is 9.13 Å². The van der Waals surface area contributed by atoms with Crippen molar-refractivity contribution >= 4 is 39.5 Å². The van der Waals surface area contributed by atoms with Gasteiger partial charge in [0.05, 0.1) is 26.4 Å². The lowest BCUT2D eigenvalue weighted by atomic mass is 9.99. The first-order valence-corrected chi connectivity index (χ1v) is 44.7. The zero-order valence-corrected chi connectivity index (χ0v) is 66.4. The largest absolute Gasteiger partial charge is 0.472 e. The quantitative estimate of drug-likeness (QED) is 0.0222. The van der Waals surface area contributed by atoms with E-state index in [0.717, 1.165) is 102 Å². The summed E-state index contributed by atoms with van der Waals surface area (Å²) in [4.78, 5) is 72.6. The summed E-state index contributed by atoms with van der Waals surface area (Å²) in [6.07, 6.45) is 64.5. The van der Waals surface area contributed by atoms with Crippen molar-refractivity contribution in [1.29, 1.82) is 0 Å². The lowest BCUT2D eigenvalue weighted by molar-refractivity contribution is -0.161. The molecule has 99 heavy (non-hydrogen) atoms. The van der Waals surface area contributed by atoms with E-state index in [4.69, 9.17) is 37.0 Å². The minimum atomic E-state index is -4.96. The van der Waals surface area contributed by atoms with Gasteiger partial charge in [0.15, 0.2) is 12.2 Å². The summed E-state index contributed by atoms with van der Waals surface area (Å²) in [6.45, 7) is 7.21. The fourth-order valence-electron chi connectivity index (χ4n) is 12.4. The number of hydrogen-bond acceptors (Lipinski definition) is 15. The van der Waals surface area contributed by atoms with Gasteiger partial charge in [0.1, 0.15) is 19.3 Å². The van der Waals surface area contributed by atoms with Crippen LogP contribution in [0, 0.1) is 5.92 Å². The molecule has 0 spiro atoms. The molecular weight excluding hydrogens is 1290 g/mol. The molecule has 0 heterocycles. The van der Waals surface area contributed by atoms with Crippen molar-refractivity contribution in [2.24, 2.45) is 5.92 Å². The van der Waals surface area contributed by atoms with E-state index in [1.165, 1.54) is 244 Å². The standard InChI is InChI=1S/C80H156O17P2/c1-6-10-13-16-18-20-22-24-26-28-30-32-33-35-37-39-41-43-45-50-55-60-65-79(84)97-76(70-91-78(83)64-59-54-49-44-42-40-38-36-34-31-29-27-25-23-21-19-17-14-11-7-2)72-95-99(88,89)93-68-74(81)67-92-98(86,87)94-71-75(69-90-77(82)63-58-52-15-12-8-3)96-80(85)66-61-56-51-47-46-48-53-57-62-73(5)9-4/h73-76,81H,6-72H2,1-5H3,(H,86,87)(H,88,89)/t73?,74-,75+,76+/m0/s1. The van der Waals surface area contributed by atoms with Crippen LogP contribution >= 0.6 is 15.6 Å². The van der Waals surface area contributed by atoms with Gasteiger partial charge in [0, 0.05) is 25.7 Å². The number of phosphoric acid groups is 2. The summed E-state index contributed by atoms with van der Waals surface area (Å²) >= 11 is 0. The van der Waals surface area contributed by atoms with Crippen LogP contribution in [-0.4, -0.2) is 96.7 Å². The van der Waals surface area contributed by atoms with E-state index in [-0.39, 0.29) is 25.7 Å². The Morgan fingerprint density at radius 2 is 0.485 bits per heavy atom. The summed E-state index contributed by atoms with van der Waals surface area (Å²) in [5, 5.41) is 10.6. The summed E-state index contributed by atoms with van der Waals surface area (Å²) in [5.41, 5.74) is 0. The molecule has 3 N–H and O–H groups in total. The zero-order chi connectivity index (χ0) is 72.7. The monoisotopic (exact) mass is 1450 g/mol. The Balaban J connectivity index is 5.10. The van der Waals surface area contributed by atoms with E-state index in [2.05, 4.69) is 34.6 Å². The Labute approximate surface area is 607 Å². The Kier molecular flexibility index (Phi) is 71.6. The van der Waals surface area contributed by atoms with Crippen molar-refractivity contribution in [3.05, 3.63) is 0 Å². The zero-order valence-electron chi connectivity index (χ0n) is 64.6. The van der Waals surface area contributed by atoms with Gasteiger partial charge in [-0.05, 0) is 31.6 Å². The van der Waals surface area contributed by atoms with Crippen molar-refractivity contribution in [2.45, 2.75) is 445 Å². The summed E-state index contributed by atoms with van der Waals surface area (Å²) < 4.78 is 68.4. The maximum Gasteiger partial charge on any atom is 0.472 e. The Hall–Kier alpha value is -1.94. The molecule has 0 amide bonds. The number of ether oxygens (including phenoxy) is 4. The third kappa shape index (κ3) is 72.8. The van der Waals surface area contributed by atoms with Gasteiger partial charge in [-0.1, -0.05) is 375 Å². The minimum absolute atomic E-state index is 0.105. The van der Waals surface area contributed by atoms with Gasteiger partial charge < -0.3 is 33.8 Å². The van der Waals surface area contributed by atoms with Gasteiger partial charge in [-0.15, -0.1) is 0 Å². The van der Waals surface area contributed by atoms with E-state index >= 15 is 0 Å². The van der Waals surface area contributed by atoms with Crippen molar-refractivity contribution in [1.82, 2.24) is 0 Å². The molecule has 6 atom stereocenters. The van der Waals surface area contributed by atoms with Crippen molar-refractivity contribution < 1.29 is 80.2 Å². The number of unbranched alkanes of at least 4 members (excludes halogenated alkanes) is 51. The van der Waals surface area contributed by atoms with Crippen molar-refractivity contribution in [2.75, 3.05) is 39.6 Å². The molecule has 0 radical (unpaired) electrons. The van der Waals surface area contributed by atoms with Crippen LogP contribution in [0.3, 0.4) is 0 Å². The van der Waals surface area contributed by atoms with E-state index in [9.17, 15) is 43.2 Å². The number of aliphatic hydroxyl groups is 1. The lowest BCUT2D eigenvalue weighted by Crippen LogP contribution is -2.30. The Morgan fingerprint density at radius 1 is 0.283 bits per heavy atom. The van der Waals surface area contributed by atoms with E-state index in [1.54, 1.807) is 0 Å². The average Bonchev–Trinajstić information content (AvgIpc) is 1.24. The number of carbonyl (C=O) groups is 4.